The van der Waals surface area contributed by atoms with E-state index < -0.39 is 18.1 Å². The van der Waals surface area contributed by atoms with Crippen molar-refractivity contribution >= 4 is 11.7 Å². The molecule has 88 valence electrons. The summed E-state index contributed by atoms with van der Waals surface area (Å²) in [5.74, 6) is -1.04. The number of carbonyl (C=O) groups is 1. The smallest absolute Gasteiger partial charge is 0.340 e. The van der Waals surface area contributed by atoms with Crippen LogP contribution in [0.25, 0.3) is 0 Å². The van der Waals surface area contributed by atoms with Crippen molar-refractivity contribution in [2.24, 2.45) is 0 Å². The van der Waals surface area contributed by atoms with Crippen LogP contribution in [0.3, 0.4) is 0 Å². The van der Waals surface area contributed by atoms with E-state index >= 15 is 0 Å². The number of ether oxygens (including phenoxy) is 2. The van der Waals surface area contributed by atoms with Crippen LogP contribution in [0.2, 0.25) is 0 Å². The highest BCUT2D eigenvalue weighted by Crippen LogP contribution is 2.28. The van der Waals surface area contributed by atoms with Crippen molar-refractivity contribution in [3.63, 3.8) is 0 Å². The Bertz CT molecular complexity index is 410. The summed E-state index contributed by atoms with van der Waals surface area (Å²) in [7, 11) is 2.34. The summed E-state index contributed by atoms with van der Waals surface area (Å²) in [5, 5.41) is 0. The third-order valence-electron chi connectivity index (χ3n) is 1.87. The van der Waals surface area contributed by atoms with Gasteiger partial charge in [0.25, 0.3) is 6.43 Å². The Morgan fingerprint density at radius 2 is 2.12 bits per heavy atom. The number of aromatic nitrogens is 1. The molecule has 0 bridgehead atoms. The lowest BCUT2D eigenvalue weighted by molar-refractivity contribution is 0.0600. The normalized spacial score (nSPS) is 10.3. The second-order valence-corrected chi connectivity index (χ2v) is 2.81. The first-order chi connectivity index (χ1) is 7.51. The number of methoxy groups -OCH3 is 2. The number of nitrogens with two attached hydrogens (primary N) is 1. The largest absolute Gasteiger partial charge is 0.480 e. The van der Waals surface area contributed by atoms with E-state index in [1.165, 1.54) is 7.11 Å². The van der Waals surface area contributed by atoms with E-state index in [9.17, 15) is 13.6 Å². The lowest BCUT2D eigenvalue weighted by Gasteiger charge is -2.10. The van der Waals surface area contributed by atoms with Gasteiger partial charge in [0.15, 0.2) is 0 Å². The summed E-state index contributed by atoms with van der Waals surface area (Å²) in [4.78, 5) is 14.7. The van der Waals surface area contributed by atoms with Gasteiger partial charge in [-0.25, -0.2) is 18.6 Å². The van der Waals surface area contributed by atoms with Crippen molar-refractivity contribution in [3.8, 4) is 5.88 Å². The molecule has 0 aliphatic heterocycles. The van der Waals surface area contributed by atoms with Crippen LogP contribution >= 0.6 is 0 Å². The van der Waals surface area contributed by atoms with Gasteiger partial charge in [0.1, 0.15) is 11.4 Å². The van der Waals surface area contributed by atoms with Gasteiger partial charge in [-0.1, -0.05) is 0 Å². The van der Waals surface area contributed by atoms with Crippen molar-refractivity contribution in [2.75, 3.05) is 20.0 Å². The predicted molar refractivity (Wildman–Crippen MR) is 51.5 cm³/mol. The van der Waals surface area contributed by atoms with Crippen molar-refractivity contribution < 1.29 is 23.0 Å². The number of rotatable bonds is 3. The number of halogens is 2. The molecule has 0 radical (unpaired) electrons. The molecule has 1 rings (SSSR count). The van der Waals surface area contributed by atoms with Crippen LogP contribution in [0, 0.1) is 0 Å². The van der Waals surface area contributed by atoms with Gasteiger partial charge < -0.3 is 15.2 Å². The standard InChI is InChI=1S/C9H10F2N2O3/c1-15-8-6(12)4(9(14)16-2)3-5(13-8)7(10)11/h3,7H,12H2,1-2H3. The summed E-state index contributed by atoms with van der Waals surface area (Å²) in [6, 6.07) is 0.883. The lowest BCUT2D eigenvalue weighted by atomic mass is 10.2. The number of anilines is 1. The van der Waals surface area contributed by atoms with Crippen LogP contribution in [0.15, 0.2) is 6.07 Å². The Hall–Kier alpha value is -1.92. The van der Waals surface area contributed by atoms with E-state index in [2.05, 4.69) is 9.72 Å². The zero-order valence-electron chi connectivity index (χ0n) is 8.66. The van der Waals surface area contributed by atoms with Gasteiger partial charge in [-0.05, 0) is 6.07 Å². The van der Waals surface area contributed by atoms with Crippen LogP contribution in [0.5, 0.6) is 5.88 Å². The average molecular weight is 232 g/mol. The van der Waals surface area contributed by atoms with Gasteiger partial charge in [-0.2, -0.15) is 0 Å². The number of nitrogen functional groups attached to an aromatic ring is 1. The molecule has 1 aromatic heterocycles. The molecular formula is C9H10F2N2O3. The monoisotopic (exact) mass is 232 g/mol. The van der Waals surface area contributed by atoms with E-state index in [0.29, 0.717) is 0 Å². The maximum absolute atomic E-state index is 12.5. The zero-order chi connectivity index (χ0) is 12.3. The molecule has 0 fully saturated rings. The molecule has 0 aliphatic rings. The third-order valence-corrected chi connectivity index (χ3v) is 1.87. The van der Waals surface area contributed by atoms with E-state index in [1.54, 1.807) is 0 Å². The third kappa shape index (κ3) is 2.18. The number of alkyl halides is 2. The molecule has 1 heterocycles. The molecule has 16 heavy (non-hydrogen) atoms. The first kappa shape index (κ1) is 12.2. The fourth-order valence-corrected chi connectivity index (χ4v) is 1.10. The highest BCUT2D eigenvalue weighted by Gasteiger charge is 2.20. The molecule has 0 spiro atoms. The number of hydrogen-bond acceptors (Lipinski definition) is 5. The summed E-state index contributed by atoms with van der Waals surface area (Å²) < 4.78 is 34.0. The molecule has 7 heteroatoms. The lowest BCUT2D eigenvalue weighted by Crippen LogP contribution is -2.10. The summed E-state index contributed by atoms with van der Waals surface area (Å²) in [5.41, 5.74) is 4.60. The van der Waals surface area contributed by atoms with Gasteiger partial charge in [-0.3, -0.25) is 0 Å². The minimum absolute atomic E-state index is 0.126. The second kappa shape index (κ2) is 4.73. The molecule has 0 amide bonds. The van der Waals surface area contributed by atoms with Crippen molar-refractivity contribution in [3.05, 3.63) is 17.3 Å². The quantitative estimate of drug-likeness (QED) is 0.797. The maximum atomic E-state index is 12.5. The van der Waals surface area contributed by atoms with Gasteiger partial charge in [0.2, 0.25) is 5.88 Å². The maximum Gasteiger partial charge on any atom is 0.340 e. The molecule has 5 nitrogen and oxygen atoms in total. The predicted octanol–water partition coefficient (Wildman–Crippen LogP) is 1.40. The molecule has 0 aromatic carbocycles. The van der Waals surface area contributed by atoms with E-state index in [1.807, 2.05) is 0 Å². The van der Waals surface area contributed by atoms with Gasteiger partial charge in [0.05, 0.1) is 19.8 Å². The molecule has 0 atom stereocenters. The average Bonchev–Trinajstić information content (AvgIpc) is 2.28. The topological polar surface area (TPSA) is 74.4 Å². The fourth-order valence-electron chi connectivity index (χ4n) is 1.10. The minimum atomic E-state index is -2.82. The van der Waals surface area contributed by atoms with Crippen molar-refractivity contribution in [2.45, 2.75) is 6.43 Å². The summed E-state index contributed by atoms with van der Waals surface area (Å²) >= 11 is 0. The van der Waals surface area contributed by atoms with Crippen molar-refractivity contribution in [1.82, 2.24) is 4.98 Å². The van der Waals surface area contributed by atoms with Crippen molar-refractivity contribution in [1.29, 1.82) is 0 Å². The Labute approximate surface area is 90.2 Å². The minimum Gasteiger partial charge on any atom is -0.480 e. The Kier molecular flexibility index (Phi) is 3.60. The molecule has 2 N–H and O–H groups in total. The van der Waals surface area contributed by atoms with Crippen LogP contribution in [-0.2, 0) is 4.74 Å². The molecule has 0 aliphatic carbocycles. The number of pyridine rings is 1. The molecule has 0 saturated heterocycles. The van der Waals surface area contributed by atoms with Gasteiger partial charge in [0, 0.05) is 0 Å². The molecule has 0 saturated carbocycles. The molecule has 0 unspecified atom stereocenters. The number of esters is 1. The summed E-state index contributed by atoms with van der Waals surface area (Å²) in [6.07, 6.45) is -2.82. The Morgan fingerprint density at radius 3 is 2.56 bits per heavy atom. The first-order valence-corrected chi connectivity index (χ1v) is 4.22. The van der Waals surface area contributed by atoms with Gasteiger partial charge >= 0.3 is 5.97 Å². The van der Waals surface area contributed by atoms with Crippen LogP contribution in [0.1, 0.15) is 22.5 Å². The Balaban J connectivity index is 3.35. The highest BCUT2D eigenvalue weighted by atomic mass is 19.3. The number of nitrogens with zero attached hydrogens (tertiary/aromatic N) is 1. The SMILES string of the molecule is COC(=O)c1cc(C(F)F)nc(OC)c1N. The highest BCUT2D eigenvalue weighted by molar-refractivity contribution is 5.96. The van der Waals surface area contributed by atoms with Crippen LogP contribution in [-0.4, -0.2) is 25.2 Å². The molecule has 1 aromatic rings. The van der Waals surface area contributed by atoms with Crippen LogP contribution < -0.4 is 10.5 Å². The Morgan fingerprint density at radius 1 is 1.50 bits per heavy atom. The van der Waals surface area contributed by atoms with E-state index in [4.69, 9.17) is 10.5 Å². The van der Waals surface area contributed by atoms with E-state index in [-0.39, 0.29) is 17.1 Å². The molecular weight excluding hydrogens is 222 g/mol. The zero-order valence-corrected chi connectivity index (χ0v) is 8.66. The second-order valence-electron chi connectivity index (χ2n) is 2.81. The number of carbonyl (C=O) groups excluding carboxylic acids is 1. The first-order valence-electron chi connectivity index (χ1n) is 4.22. The van der Waals surface area contributed by atoms with Gasteiger partial charge in [-0.15, -0.1) is 0 Å². The van der Waals surface area contributed by atoms with E-state index in [0.717, 1.165) is 13.2 Å². The fraction of sp³-hybridized carbons (Fsp3) is 0.333. The van der Waals surface area contributed by atoms with Crippen LogP contribution in [0.4, 0.5) is 14.5 Å². The summed E-state index contributed by atoms with van der Waals surface area (Å²) in [6.45, 7) is 0. The number of hydrogen-bond donors (Lipinski definition) is 1.